The molecule has 0 aliphatic carbocycles. The van der Waals surface area contributed by atoms with Crippen LogP contribution in [0.15, 0.2) is 23.1 Å². The normalized spacial score (nSPS) is 21.0. The maximum atomic E-state index is 13.0. The van der Waals surface area contributed by atoms with E-state index >= 15 is 0 Å². The molecule has 0 N–H and O–H groups in total. The molecule has 6 nitrogen and oxygen atoms in total. The fourth-order valence-electron chi connectivity index (χ4n) is 4.17. The Balaban J connectivity index is 1.78. The number of hydrogen-bond acceptors (Lipinski definition) is 4. The van der Waals surface area contributed by atoms with Crippen molar-refractivity contribution in [1.82, 2.24) is 9.21 Å². The first kappa shape index (κ1) is 21.1. The summed E-state index contributed by atoms with van der Waals surface area (Å²) in [6, 6.07) is 5.14. The maximum Gasteiger partial charge on any atom is 0.264 e. The third kappa shape index (κ3) is 4.06. The van der Waals surface area contributed by atoms with Gasteiger partial charge < -0.3 is 9.64 Å². The summed E-state index contributed by atoms with van der Waals surface area (Å²) in [4.78, 5) is 15.0. The molecule has 1 amide bonds. The van der Waals surface area contributed by atoms with Crippen LogP contribution >= 0.6 is 0 Å². The first-order chi connectivity index (χ1) is 13.1. The molecule has 2 aliphatic rings. The highest BCUT2D eigenvalue weighted by molar-refractivity contribution is 7.89. The van der Waals surface area contributed by atoms with E-state index in [2.05, 4.69) is 6.92 Å². The van der Waals surface area contributed by atoms with Crippen molar-refractivity contribution in [2.45, 2.75) is 77.0 Å². The van der Waals surface area contributed by atoms with Crippen molar-refractivity contribution < 1.29 is 17.9 Å². The number of benzene rings is 1. The molecule has 2 heterocycles. The number of fused-ring (bicyclic) bond motifs is 1. The van der Waals surface area contributed by atoms with Crippen molar-refractivity contribution in [3.63, 3.8) is 0 Å². The van der Waals surface area contributed by atoms with E-state index in [-0.39, 0.29) is 18.0 Å². The fourth-order valence-corrected chi connectivity index (χ4v) is 5.69. The van der Waals surface area contributed by atoms with E-state index in [1.54, 1.807) is 22.5 Å². The average Bonchev–Trinajstić information content (AvgIpc) is 3.04. The highest BCUT2D eigenvalue weighted by Gasteiger charge is 2.36. The summed E-state index contributed by atoms with van der Waals surface area (Å²) < 4.78 is 33.5. The molecule has 2 aliphatic heterocycles. The number of rotatable bonds is 5. The molecule has 1 aromatic carbocycles. The van der Waals surface area contributed by atoms with Crippen LogP contribution in [0.1, 0.15) is 53.0 Å². The van der Waals surface area contributed by atoms with Crippen LogP contribution in [0.3, 0.4) is 0 Å². The molecule has 0 radical (unpaired) electrons. The Hall–Kier alpha value is -1.60. The Morgan fingerprint density at radius 1 is 1.14 bits per heavy atom. The van der Waals surface area contributed by atoms with E-state index in [0.29, 0.717) is 36.1 Å². The smallest absolute Gasteiger partial charge is 0.264 e. The first-order valence-corrected chi connectivity index (χ1v) is 11.7. The number of sulfonamides is 1. The molecule has 1 aromatic rings. The van der Waals surface area contributed by atoms with Gasteiger partial charge in [0.2, 0.25) is 10.0 Å². The molecule has 7 heteroatoms. The van der Waals surface area contributed by atoms with Gasteiger partial charge in [0, 0.05) is 31.6 Å². The van der Waals surface area contributed by atoms with Gasteiger partial charge in [-0.1, -0.05) is 6.92 Å². The average molecular weight is 409 g/mol. The summed E-state index contributed by atoms with van der Waals surface area (Å²) in [6.07, 6.45) is 1.60. The van der Waals surface area contributed by atoms with Gasteiger partial charge in [0.15, 0.2) is 6.10 Å². The maximum absolute atomic E-state index is 13.0. The van der Waals surface area contributed by atoms with Gasteiger partial charge in [0.1, 0.15) is 5.75 Å². The lowest BCUT2D eigenvalue weighted by Crippen LogP contribution is -2.48. The second-order valence-corrected chi connectivity index (χ2v) is 10.5. The van der Waals surface area contributed by atoms with Crippen LogP contribution in [0, 0.1) is 5.92 Å². The number of nitrogens with zero attached hydrogens (tertiary/aromatic N) is 2. The number of amides is 1. The predicted octanol–water partition coefficient (Wildman–Crippen LogP) is 3.06. The Kier molecular flexibility index (Phi) is 6.05. The van der Waals surface area contributed by atoms with Crippen LogP contribution in [0.4, 0.5) is 0 Å². The van der Waals surface area contributed by atoms with Crippen molar-refractivity contribution >= 4 is 15.9 Å². The van der Waals surface area contributed by atoms with Crippen LogP contribution in [0.25, 0.3) is 0 Å². The van der Waals surface area contributed by atoms with E-state index in [1.807, 2.05) is 32.6 Å². The molecular weight excluding hydrogens is 376 g/mol. The number of piperidine rings is 1. The highest BCUT2D eigenvalue weighted by atomic mass is 32.2. The molecule has 1 fully saturated rings. The second kappa shape index (κ2) is 8.03. The van der Waals surface area contributed by atoms with Crippen molar-refractivity contribution in [3.05, 3.63) is 23.8 Å². The largest absolute Gasteiger partial charge is 0.480 e. The SMILES string of the molecule is CC1CCN(S(=O)(=O)c2ccc3c(c2)CC(C(=O)N(C(C)C)C(C)C)O3)CC1. The van der Waals surface area contributed by atoms with Crippen molar-refractivity contribution in [1.29, 1.82) is 0 Å². The van der Waals surface area contributed by atoms with Gasteiger partial charge in [-0.2, -0.15) is 4.31 Å². The number of carbonyl (C=O) groups is 1. The van der Waals surface area contributed by atoms with E-state index in [0.717, 1.165) is 18.4 Å². The van der Waals surface area contributed by atoms with Crippen molar-refractivity contribution in [3.8, 4) is 5.75 Å². The predicted molar refractivity (Wildman–Crippen MR) is 109 cm³/mol. The quantitative estimate of drug-likeness (QED) is 0.751. The Labute approximate surface area is 168 Å². The molecule has 0 bridgehead atoms. The number of hydrogen-bond donors (Lipinski definition) is 0. The van der Waals surface area contributed by atoms with Gasteiger partial charge in [0.25, 0.3) is 5.91 Å². The lowest BCUT2D eigenvalue weighted by Gasteiger charge is -2.32. The van der Waals surface area contributed by atoms with E-state index in [9.17, 15) is 13.2 Å². The zero-order valence-corrected chi connectivity index (χ0v) is 18.3. The van der Waals surface area contributed by atoms with Crippen LogP contribution in [0.5, 0.6) is 5.75 Å². The van der Waals surface area contributed by atoms with Gasteiger partial charge in [-0.3, -0.25) is 4.79 Å². The molecule has 0 saturated carbocycles. The van der Waals surface area contributed by atoms with Gasteiger partial charge in [-0.05, 0) is 70.2 Å². The fraction of sp³-hybridized carbons (Fsp3) is 0.667. The molecule has 1 atom stereocenters. The summed E-state index contributed by atoms with van der Waals surface area (Å²) in [6.45, 7) is 11.2. The zero-order chi connectivity index (χ0) is 20.6. The number of carbonyl (C=O) groups excluding carboxylic acids is 1. The molecule has 0 aromatic heterocycles. The Bertz CT molecular complexity index is 819. The van der Waals surface area contributed by atoms with Gasteiger partial charge in [-0.25, -0.2) is 8.42 Å². The second-order valence-electron chi connectivity index (χ2n) is 8.60. The first-order valence-electron chi connectivity index (χ1n) is 10.2. The Morgan fingerprint density at radius 2 is 1.75 bits per heavy atom. The monoisotopic (exact) mass is 408 g/mol. The van der Waals surface area contributed by atoms with Gasteiger partial charge in [0.05, 0.1) is 4.90 Å². The summed E-state index contributed by atoms with van der Waals surface area (Å²) >= 11 is 0. The molecule has 28 heavy (non-hydrogen) atoms. The lowest BCUT2D eigenvalue weighted by atomic mass is 10.0. The third-order valence-corrected chi connectivity index (χ3v) is 7.62. The molecule has 1 saturated heterocycles. The van der Waals surface area contributed by atoms with Crippen LogP contribution in [-0.4, -0.2) is 54.8 Å². The van der Waals surface area contributed by atoms with E-state index in [1.165, 1.54) is 0 Å². The minimum absolute atomic E-state index is 0.0457. The van der Waals surface area contributed by atoms with E-state index in [4.69, 9.17) is 4.74 Å². The van der Waals surface area contributed by atoms with E-state index < -0.39 is 16.1 Å². The Morgan fingerprint density at radius 3 is 2.32 bits per heavy atom. The van der Waals surface area contributed by atoms with Gasteiger partial charge in [-0.15, -0.1) is 0 Å². The van der Waals surface area contributed by atoms with Crippen LogP contribution in [-0.2, 0) is 21.2 Å². The molecule has 3 rings (SSSR count). The molecule has 156 valence electrons. The summed E-state index contributed by atoms with van der Waals surface area (Å²) in [5.74, 6) is 1.13. The minimum atomic E-state index is -3.51. The molecule has 1 unspecified atom stereocenters. The number of ether oxygens (including phenoxy) is 1. The summed E-state index contributed by atoms with van der Waals surface area (Å²) in [5, 5.41) is 0. The highest BCUT2D eigenvalue weighted by Crippen LogP contribution is 2.33. The zero-order valence-electron chi connectivity index (χ0n) is 17.5. The summed E-state index contributed by atoms with van der Waals surface area (Å²) in [5.41, 5.74) is 0.789. The summed E-state index contributed by atoms with van der Waals surface area (Å²) in [7, 11) is -3.51. The van der Waals surface area contributed by atoms with Crippen LogP contribution < -0.4 is 4.74 Å². The van der Waals surface area contributed by atoms with Crippen molar-refractivity contribution in [2.75, 3.05) is 13.1 Å². The standard InChI is InChI=1S/C21H32N2O4S/c1-14(2)23(15(3)4)21(24)20-13-17-12-18(6-7-19(17)27-20)28(25,26)22-10-8-16(5)9-11-22/h6-7,12,14-16,20H,8-11,13H2,1-5H3. The lowest BCUT2D eigenvalue weighted by molar-refractivity contribution is -0.141. The van der Waals surface area contributed by atoms with Crippen molar-refractivity contribution in [2.24, 2.45) is 5.92 Å². The molecule has 0 spiro atoms. The van der Waals surface area contributed by atoms with Gasteiger partial charge >= 0.3 is 0 Å². The van der Waals surface area contributed by atoms with Crippen LogP contribution in [0.2, 0.25) is 0 Å². The topological polar surface area (TPSA) is 66.9 Å². The third-order valence-electron chi connectivity index (χ3n) is 5.73. The minimum Gasteiger partial charge on any atom is -0.480 e. The molecular formula is C21H32N2O4S.